The third-order valence-corrected chi connectivity index (χ3v) is 2.89. The summed E-state index contributed by atoms with van der Waals surface area (Å²) in [5, 5.41) is 0. The molecule has 1 aromatic carbocycles. The number of nitrogens with two attached hydrogens (primary N) is 1. The summed E-state index contributed by atoms with van der Waals surface area (Å²) >= 11 is 0. The second-order valence-electron chi connectivity index (χ2n) is 4.40. The maximum atomic E-state index is 5.95. The lowest BCUT2D eigenvalue weighted by molar-refractivity contribution is 0.0980. The van der Waals surface area contributed by atoms with Gasteiger partial charge in [-0.1, -0.05) is 32.4 Å². The average Bonchev–Trinajstić information content (AvgIpc) is 2.42. The first-order chi connectivity index (χ1) is 8.77. The van der Waals surface area contributed by atoms with Gasteiger partial charge >= 0.3 is 0 Å². The molecule has 0 aliphatic rings. The molecule has 0 aliphatic heterocycles. The first-order valence-corrected chi connectivity index (χ1v) is 6.84. The molecule has 0 saturated heterocycles. The smallest absolute Gasteiger partial charge is 0.119 e. The maximum Gasteiger partial charge on any atom is 0.119 e. The molecule has 0 fully saturated rings. The van der Waals surface area contributed by atoms with Crippen LogP contribution in [0.25, 0.3) is 0 Å². The Morgan fingerprint density at radius 2 is 1.78 bits per heavy atom. The van der Waals surface area contributed by atoms with E-state index in [1.165, 1.54) is 6.42 Å². The Hall–Kier alpha value is -1.06. The summed E-state index contributed by atoms with van der Waals surface area (Å²) in [4.78, 5) is 0. The van der Waals surface area contributed by atoms with E-state index in [1.807, 2.05) is 24.3 Å². The van der Waals surface area contributed by atoms with E-state index in [0.29, 0.717) is 13.2 Å². The molecule has 0 aliphatic carbocycles. The quantitative estimate of drug-likeness (QED) is 0.685. The lowest BCUT2D eigenvalue weighted by Crippen LogP contribution is -2.09. The van der Waals surface area contributed by atoms with Crippen molar-refractivity contribution >= 4 is 0 Å². The highest BCUT2D eigenvalue weighted by Gasteiger charge is 2.02. The maximum absolute atomic E-state index is 5.95. The van der Waals surface area contributed by atoms with Crippen molar-refractivity contribution in [2.45, 2.75) is 39.2 Å². The number of hydrogen-bond acceptors (Lipinski definition) is 3. The van der Waals surface area contributed by atoms with Crippen LogP contribution in [0.5, 0.6) is 5.75 Å². The van der Waals surface area contributed by atoms with Crippen molar-refractivity contribution < 1.29 is 9.47 Å². The van der Waals surface area contributed by atoms with Crippen LogP contribution in [0, 0.1) is 0 Å². The number of unbranched alkanes of at least 4 members (excludes halogenated alkanes) is 1. The highest BCUT2D eigenvalue weighted by Crippen LogP contribution is 2.18. The van der Waals surface area contributed by atoms with Crippen LogP contribution in [-0.4, -0.2) is 19.8 Å². The van der Waals surface area contributed by atoms with Crippen molar-refractivity contribution in [1.29, 1.82) is 0 Å². The Kier molecular flexibility index (Phi) is 7.46. The zero-order valence-corrected chi connectivity index (χ0v) is 11.5. The van der Waals surface area contributed by atoms with Gasteiger partial charge in [-0.25, -0.2) is 0 Å². The minimum absolute atomic E-state index is 0.122. The van der Waals surface area contributed by atoms with Gasteiger partial charge in [-0.3, -0.25) is 0 Å². The fraction of sp³-hybridized carbons (Fsp3) is 0.600. The lowest BCUT2D eigenvalue weighted by Gasteiger charge is -2.11. The summed E-state index contributed by atoms with van der Waals surface area (Å²) < 4.78 is 11.0. The summed E-state index contributed by atoms with van der Waals surface area (Å²) in [6, 6.07) is 8.12. The zero-order chi connectivity index (χ0) is 13.2. The molecular weight excluding hydrogens is 226 g/mol. The standard InChI is InChI=1S/C15H25NO2/c1-3-5-10-17-11-12-18-14-8-6-13(7-9-14)15(16)4-2/h6-9,15H,3-5,10-12,16H2,1-2H3/t15-/m1/s1. The van der Waals surface area contributed by atoms with Crippen LogP contribution in [0.2, 0.25) is 0 Å². The van der Waals surface area contributed by atoms with Crippen molar-refractivity contribution in [3.8, 4) is 5.75 Å². The predicted octanol–water partition coefficient (Wildman–Crippen LogP) is 3.29. The molecule has 1 aromatic rings. The van der Waals surface area contributed by atoms with Gasteiger partial charge in [0.1, 0.15) is 12.4 Å². The van der Waals surface area contributed by atoms with Gasteiger partial charge in [0.05, 0.1) is 6.61 Å². The fourth-order valence-electron chi connectivity index (χ4n) is 1.61. The van der Waals surface area contributed by atoms with Gasteiger partial charge < -0.3 is 15.2 Å². The molecule has 18 heavy (non-hydrogen) atoms. The Bertz CT molecular complexity index is 311. The van der Waals surface area contributed by atoms with Crippen LogP contribution in [0.3, 0.4) is 0 Å². The van der Waals surface area contributed by atoms with Crippen LogP contribution in [-0.2, 0) is 4.74 Å². The molecule has 0 bridgehead atoms. The Morgan fingerprint density at radius 1 is 1.06 bits per heavy atom. The van der Waals surface area contributed by atoms with Gasteiger partial charge in [0.25, 0.3) is 0 Å². The predicted molar refractivity (Wildman–Crippen MR) is 74.9 cm³/mol. The fourth-order valence-corrected chi connectivity index (χ4v) is 1.61. The highest BCUT2D eigenvalue weighted by molar-refractivity contribution is 5.28. The van der Waals surface area contributed by atoms with Gasteiger partial charge in [0.15, 0.2) is 0 Å². The van der Waals surface area contributed by atoms with E-state index in [4.69, 9.17) is 15.2 Å². The molecule has 2 N–H and O–H groups in total. The summed E-state index contributed by atoms with van der Waals surface area (Å²) in [7, 11) is 0. The zero-order valence-electron chi connectivity index (χ0n) is 11.5. The summed E-state index contributed by atoms with van der Waals surface area (Å²) in [6.07, 6.45) is 3.23. The molecule has 3 nitrogen and oxygen atoms in total. The Morgan fingerprint density at radius 3 is 2.39 bits per heavy atom. The van der Waals surface area contributed by atoms with E-state index in [9.17, 15) is 0 Å². The number of benzene rings is 1. The van der Waals surface area contributed by atoms with Crippen LogP contribution in [0.1, 0.15) is 44.7 Å². The molecule has 0 amide bonds. The number of rotatable bonds is 9. The van der Waals surface area contributed by atoms with Gasteiger partial charge in [-0.15, -0.1) is 0 Å². The molecule has 102 valence electrons. The Balaban J connectivity index is 2.22. The van der Waals surface area contributed by atoms with Crippen LogP contribution >= 0.6 is 0 Å². The van der Waals surface area contributed by atoms with E-state index in [1.54, 1.807) is 0 Å². The van der Waals surface area contributed by atoms with Crippen molar-refractivity contribution in [1.82, 2.24) is 0 Å². The van der Waals surface area contributed by atoms with E-state index in [2.05, 4.69) is 13.8 Å². The topological polar surface area (TPSA) is 44.5 Å². The monoisotopic (exact) mass is 251 g/mol. The summed E-state index contributed by atoms with van der Waals surface area (Å²) in [5.41, 5.74) is 7.11. The summed E-state index contributed by atoms with van der Waals surface area (Å²) in [6.45, 7) is 6.31. The Labute approximate surface area is 110 Å². The molecule has 1 atom stereocenters. The normalized spacial score (nSPS) is 12.4. The van der Waals surface area contributed by atoms with E-state index >= 15 is 0 Å². The largest absolute Gasteiger partial charge is 0.491 e. The number of hydrogen-bond donors (Lipinski definition) is 1. The molecule has 0 saturated carbocycles. The van der Waals surface area contributed by atoms with E-state index in [0.717, 1.165) is 30.8 Å². The second kappa shape index (κ2) is 8.95. The number of ether oxygens (including phenoxy) is 2. The summed E-state index contributed by atoms with van der Waals surface area (Å²) in [5.74, 6) is 0.876. The molecule has 0 unspecified atom stereocenters. The van der Waals surface area contributed by atoms with Crippen LogP contribution < -0.4 is 10.5 Å². The first kappa shape index (κ1) is 15.0. The van der Waals surface area contributed by atoms with Crippen molar-refractivity contribution in [3.05, 3.63) is 29.8 Å². The van der Waals surface area contributed by atoms with Gasteiger partial charge in [0.2, 0.25) is 0 Å². The van der Waals surface area contributed by atoms with E-state index in [-0.39, 0.29) is 6.04 Å². The van der Waals surface area contributed by atoms with Crippen LogP contribution in [0.4, 0.5) is 0 Å². The van der Waals surface area contributed by atoms with E-state index < -0.39 is 0 Å². The SMILES string of the molecule is CCCCOCCOc1ccc([C@H](N)CC)cc1. The van der Waals surface area contributed by atoms with Crippen molar-refractivity contribution in [2.75, 3.05) is 19.8 Å². The molecule has 1 rings (SSSR count). The van der Waals surface area contributed by atoms with Crippen molar-refractivity contribution in [3.63, 3.8) is 0 Å². The molecular formula is C15H25NO2. The third-order valence-electron chi connectivity index (χ3n) is 2.89. The highest BCUT2D eigenvalue weighted by atomic mass is 16.5. The third kappa shape index (κ3) is 5.52. The minimum atomic E-state index is 0.122. The molecule has 0 spiro atoms. The van der Waals surface area contributed by atoms with Gasteiger partial charge in [-0.2, -0.15) is 0 Å². The lowest BCUT2D eigenvalue weighted by atomic mass is 10.1. The van der Waals surface area contributed by atoms with Gasteiger partial charge in [-0.05, 0) is 30.5 Å². The minimum Gasteiger partial charge on any atom is -0.491 e. The molecule has 0 aromatic heterocycles. The van der Waals surface area contributed by atoms with Crippen LogP contribution in [0.15, 0.2) is 24.3 Å². The molecule has 0 heterocycles. The average molecular weight is 251 g/mol. The second-order valence-corrected chi connectivity index (χ2v) is 4.40. The molecule has 0 radical (unpaired) electrons. The molecule has 3 heteroatoms. The first-order valence-electron chi connectivity index (χ1n) is 6.84. The van der Waals surface area contributed by atoms with Gasteiger partial charge in [0, 0.05) is 12.6 Å². The van der Waals surface area contributed by atoms with Crippen molar-refractivity contribution in [2.24, 2.45) is 5.73 Å².